The van der Waals surface area contributed by atoms with Gasteiger partial charge in [0, 0.05) is 24.0 Å². The van der Waals surface area contributed by atoms with E-state index in [2.05, 4.69) is 5.32 Å². The molecule has 1 unspecified atom stereocenters. The van der Waals surface area contributed by atoms with Crippen LogP contribution < -0.4 is 5.32 Å². The Hall–Kier alpha value is -2.05. The molecule has 2 N–H and O–H groups in total. The van der Waals surface area contributed by atoms with Crippen molar-refractivity contribution in [3.8, 4) is 0 Å². The fourth-order valence-corrected chi connectivity index (χ4v) is 2.91. The average Bonchev–Trinajstić information content (AvgIpc) is 2.57. The fourth-order valence-electron chi connectivity index (χ4n) is 2.65. The van der Waals surface area contributed by atoms with Crippen molar-refractivity contribution in [3.63, 3.8) is 0 Å². The molecule has 3 nitrogen and oxygen atoms in total. The molecule has 0 aliphatic carbocycles. The van der Waals surface area contributed by atoms with E-state index < -0.39 is 17.7 Å². The second kappa shape index (κ2) is 9.05. The molecule has 140 valence electrons. The second-order valence-corrected chi connectivity index (χ2v) is 6.48. The van der Waals surface area contributed by atoms with Crippen molar-refractivity contribution in [1.29, 1.82) is 0 Å². The highest BCUT2D eigenvalue weighted by atomic mass is 35.5. The molecule has 1 atom stereocenters. The minimum absolute atomic E-state index is 0.0155. The molecule has 0 radical (unpaired) electrons. The third-order valence-corrected chi connectivity index (χ3v) is 4.13. The first-order chi connectivity index (χ1) is 12.2. The van der Waals surface area contributed by atoms with Gasteiger partial charge in [-0.25, -0.2) is 0 Å². The molecule has 0 spiro atoms. The van der Waals surface area contributed by atoms with E-state index >= 15 is 0 Å². The standard InChI is InChI=1S/C19H19ClF3NO2/c20-16-9-14(8-15(11-16)19(21,22)23)12-24-17(6-7-18(25)26)10-13-4-2-1-3-5-13/h1-5,8-9,11,17,24H,6-7,10,12H2,(H,25,26). The van der Waals surface area contributed by atoms with Crippen molar-refractivity contribution >= 4 is 17.6 Å². The Kier molecular flexibility index (Phi) is 7.06. The summed E-state index contributed by atoms with van der Waals surface area (Å²) in [5.74, 6) is -0.910. The van der Waals surface area contributed by atoms with Gasteiger partial charge in [0.05, 0.1) is 5.56 Å². The van der Waals surface area contributed by atoms with Gasteiger partial charge < -0.3 is 10.4 Å². The molecule has 0 aliphatic heterocycles. The van der Waals surface area contributed by atoms with Crippen LogP contribution in [-0.2, 0) is 23.9 Å². The van der Waals surface area contributed by atoms with Crippen molar-refractivity contribution in [2.75, 3.05) is 0 Å². The topological polar surface area (TPSA) is 49.3 Å². The second-order valence-electron chi connectivity index (χ2n) is 6.05. The van der Waals surface area contributed by atoms with Crippen LogP contribution in [0.1, 0.15) is 29.5 Å². The molecule has 7 heteroatoms. The van der Waals surface area contributed by atoms with Crippen molar-refractivity contribution in [2.45, 2.75) is 38.0 Å². The molecule has 26 heavy (non-hydrogen) atoms. The monoisotopic (exact) mass is 385 g/mol. The van der Waals surface area contributed by atoms with Gasteiger partial charge in [0.2, 0.25) is 0 Å². The van der Waals surface area contributed by atoms with Gasteiger partial charge in [0.1, 0.15) is 0 Å². The summed E-state index contributed by atoms with van der Waals surface area (Å²) in [7, 11) is 0. The molecule has 0 heterocycles. The number of carboxylic acid groups (broad SMARTS) is 1. The number of hydrogen-bond donors (Lipinski definition) is 2. The van der Waals surface area contributed by atoms with E-state index in [1.165, 1.54) is 6.07 Å². The van der Waals surface area contributed by atoms with E-state index in [0.29, 0.717) is 18.4 Å². The predicted octanol–water partition coefficient (Wildman–Crippen LogP) is 4.92. The molecule has 0 saturated heterocycles. The fraction of sp³-hybridized carbons (Fsp3) is 0.316. The number of hydrogen-bond acceptors (Lipinski definition) is 2. The van der Waals surface area contributed by atoms with E-state index in [9.17, 15) is 18.0 Å². The van der Waals surface area contributed by atoms with Crippen molar-refractivity contribution in [1.82, 2.24) is 5.32 Å². The van der Waals surface area contributed by atoms with Crippen LogP contribution in [-0.4, -0.2) is 17.1 Å². The molecule has 0 amide bonds. The van der Waals surface area contributed by atoms with E-state index in [-0.39, 0.29) is 24.0 Å². The highest BCUT2D eigenvalue weighted by molar-refractivity contribution is 6.30. The van der Waals surface area contributed by atoms with E-state index in [1.54, 1.807) is 0 Å². The Morgan fingerprint density at radius 3 is 2.42 bits per heavy atom. The normalized spacial score (nSPS) is 12.8. The van der Waals surface area contributed by atoms with Crippen LogP contribution in [0.2, 0.25) is 5.02 Å². The lowest BCUT2D eigenvalue weighted by Gasteiger charge is -2.19. The number of halogens is 4. The minimum atomic E-state index is -4.47. The Labute approximate surface area is 154 Å². The van der Waals surface area contributed by atoms with Crippen LogP contribution in [0, 0.1) is 0 Å². The molecule has 0 fully saturated rings. The van der Waals surface area contributed by atoms with Crippen LogP contribution in [0.4, 0.5) is 13.2 Å². The Balaban J connectivity index is 2.08. The van der Waals surface area contributed by atoms with Crippen LogP contribution >= 0.6 is 11.6 Å². The van der Waals surface area contributed by atoms with Gasteiger partial charge in [-0.2, -0.15) is 13.2 Å². The van der Waals surface area contributed by atoms with Gasteiger partial charge in [-0.1, -0.05) is 41.9 Å². The van der Waals surface area contributed by atoms with Crippen molar-refractivity contribution in [3.05, 3.63) is 70.2 Å². The third kappa shape index (κ3) is 6.69. The molecule has 0 aromatic heterocycles. The Bertz CT molecular complexity index is 735. The summed E-state index contributed by atoms with van der Waals surface area (Å²) in [6, 6.07) is 12.7. The van der Waals surface area contributed by atoms with Gasteiger partial charge in [-0.3, -0.25) is 4.79 Å². The minimum Gasteiger partial charge on any atom is -0.481 e. The number of nitrogens with one attached hydrogen (secondary N) is 1. The molecule has 2 aromatic rings. The third-order valence-electron chi connectivity index (χ3n) is 3.91. The number of rotatable bonds is 8. The van der Waals surface area contributed by atoms with E-state index in [4.69, 9.17) is 16.7 Å². The number of alkyl halides is 3. The first kappa shape index (κ1) is 20.3. The predicted molar refractivity (Wildman–Crippen MR) is 94.1 cm³/mol. The summed E-state index contributed by atoms with van der Waals surface area (Å²) in [4.78, 5) is 10.9. The molecule has 0 saturated carbocycles. The summed E-state index contributed by atoms with van der Waals surface area (Å²) >= 11 is 5.80. The molecule has 0 aliphatic rings. The Morgan fingerprint density at radius 2 is 1.81 bits per heavy atom. The van der Waals surface area contributed by atoms with Crippen LogP contribution in [0.5, 0.6) is 0 Å². The zero-order chi connectivity index (χ0) is 19.2. The molecular formula is C19H19ClF3NO2. The van der Waals surface area contributed by atoms with Crippen LogP contribution in [0.15, 0.2) is 48.5 Å². The quantitative estimate of drug-likeness (QED) is 0.677. The molecule has 0 bridgehead atoms. The number of carbonyl (C=O) groups is 1. The average molecular weight is 386 g/mol. The van der Waals surface area contributed by atoms with Crippen molar-refractivity contribution < 1.29 is 23.1 Å². The van der Waals surface area contributed by atoms with Gasteiger partial charge in [-0.15, -0.1) is 0 Å². The summed E-state index contributed by atoms with van der Waals surface area (Å²) in [5, 5.41) is 12.1. The SMILES string of the molecule is O=C(O)CCC(Cc1ccccc1)NCc1cc(Cl)cc(C(F)(F)F)c1. The van der Waals surface area contributed by atoms with Gasteiger partial charge in [-0.05, 0) is 42.2 Å². The first-order valence-electron chi connectivity index (χ1n) is 8.10. The lowest BCUT2D eigenvalue weighted by Crippen LogP contribution is -2.31. The summed E-state index contributed by atoms with van der Waals surface area (Å²) in [5.41, 5.74) is 0.627. The molecule has 2 rings (SSSR count). The number of benzene rings is 2. The number of aliphatic carboxylic acids is 1. The lowest BCUT2D eigenvalue weighted by molar-refractivity contribution is -0.138. The van der Waals surface area contributed by atoms with E-state index in [0.717, 1.165) is 17.7 Å². The van der Waals surface area contributed by atoms with Crippen LogP contribution in [0.3, 0.4) is 0 Å². The molecule has 2 aromatic carbocycles. The van der Waals surface area contributed by atoms with Gasteiger partial charge in [0.15, 0.2) is 0 Å². The molecular weight excluding hydrogens is 367 g/mol. The van der Waals surface area contributed by atoms with Gasteiger partial charge in [0.25, 0.3) is 0 Å². The maximum Gasteiger partial charge on any atom is 0.416 e. The Morgan fingerprint density at radius 1 is 1.12 bits per heavy atom. The maximum atomic E-state index is 12.9. The van der Waals surface area contributed by atoms with Crippen molar-refractivity contribution in [2.24, 2.45) is 0 Å². The highest BCUT2D eigenvalue weighted by Gasteiger charge is 2.31. The first-order valence-corrected chi connectivity index (χ1v) is 8.47. The zero-order valence-electron chi connectivity index (χ0n) is 13.9. The highest BCUT2D eigenvalue weighted by Crippen LogP contribution is 2.31. The lowest BCUT2D eigenvalue weighted by atomic mass is 10.0. The largest absolute Gasteiger partial charge is 0.481 e. The zero-order valence-corrected chi connectivity index (χ0v) is 14.6. The van der Waals surface area contributed by atoms with E-state index in [1.807, 2.05) is 30.3 Å². The summed E-state index contributed by atoms with van der Waals surface area (Å²) in [6.45, 7) is 0.167. The van der Waals surface area contributed by atoms with Crippen LogP contribution in [0.25, 0.3) is 0 Å². The summed E-state index contributed by atoms with van der Waals surface area (Å²) in [6.07, 6.45) is -3.53. The van der Waals surface area contributed by atoms with Gasteiger partial charge >= 0.3 is 12.1 Å². The number of carboxylic acids is 1. The summed E-state index contributed by atoms with van der Waals surface area (Å²) < 4.78 is 38.7. The maximum absolute atomic E-state index is 12.9. The smallest absolute Gasteiger partial charge is 0.416 e.